The Bertz CT molecular complexity index is 1420. The molecule has 0 aliphatic heterocycles. The van der Waals surface area contributed by atoms with Crippen LogP contribution >= 0.6 is 0 Å². The number of rotatable bonds is 6. The summed E-state index contributed by atoms with van der Waals surface area (Å²) in [6, 6.07) is 13.9. The van der Waals surface area contributed by atoms with E-state index in [0.29, 0.717) is 5.82 Å². The van der Waals surface area contributed by atoms with E-state index in [4.69, 9.17) is 9.82 Å². The second-order valence-corrected chi connectivity index (χ2v) is 7.71. The molecule has 4 heterocycles. The summed E-state index contributed by atoms with van der Waals surface area (Å²) in [6.07, 6.45) is 5.32. The fourth-order valence-electron chi connectivity index (χ4n) is 3.82. The van der Waals surface area contributed by atoms with Crippen molar-refractivity contribution in [1.82, 2.24) is 29.1 Å². The zero-order valence-electron chi connectivity index (χ0n) is 18.2. The van der Waals surface area contributed by atoms with E-state index < -0.39 is 0 Å². The summed E-state index contributed by atoms with van der Waals surface area (Å²) in [5, 5.41) is 9.74. The maximum atomic E-state index is 5.53. The van der Waals surface area contributed by atoms with E-state index in [-0.39, 0.29) is 6.61 Å². The third-order valence-electron chi connectivity index (χ3n) is 5.67. The van der Waals surface area contributed by atoms with E-state index in [1.54, 1.807) is 10.8 Å². The first-order chi connectivity index (χ1) is 15.6. The molecule has 0 spiro atoms. The van der Waals surface area contributed by atoms with Crippen LogP contribution in [0, 0.1) is 13.8 Å². The molecule has 5 rings (SSSR count). The number of pyridine rings is 1. The topological polar surface area (TPSA) is 82.5 Å². The Morgan fingerprint density at radius 2 is 1.81 bits per heavy atom. The molecule has 0 bridgehead atoms. The highest BCUT2D eigenvalue weighted by atomic mass is 16.6. The third kappa shape index (κ3) is 3.60. The predicted octanol–water partition coefficient (Wildman–Crippen LogP) is 4.08. The number of hydrogen-bond donors (Lipinski definition) is 0. The van der Waals surface area contributed by atoms with Crippen molar-refractivity contribution in [2.24, 2.45) is 5.16 Å². The van der Waals surface area contributed by atoms with Gasteiger partial charge >= 0.3 is 0 Å². The maximum absolute atomic E-state index is 5.53. The van der Waals surface area contributed by atoms with E-state index in [1.165, 1.54) is 5.56 Å². The lowest BCUT2D eigenvalue weighted by Crippen LogP contribution is -2.03. The lowest BCUT2D eigenvalue weighted by molar-refractivity contribution is 0.125. The van der Waals surface area contributed by atoms with Crippen LogP contribution in [0.5, 0.6) is 0 Å². The molecule has 0 N–H and O–H groups in total. The van der Waals surface area contributed by atoms with Gasteiger partial charge in [0.15, 0.2) is 18.1 Å². The van der Waals surface area contributed by atoms with Gasteiger partial charge in [0.05, 0.1) is 11.1 Å². The van der Waals surface area contributed by atoms with Crippen molar-refractivity contribution in [3.05, 3.63) is 89.4 Å². The first-order valence-electron chi connectivity index (χ1n) is 10.4. The molecule has 5 aromatic rings. The number of hydrogen-bond acceptors (Lipinski definition) is 6. The molecular formula is C24H23N7O. The van der Waals surface area contributed by atoms with Crippen molar-refractivity contribution < 1.29 is 4.84 Å². The van der Waals surface area contributed by atoms with Gasteiger partial charge in [0.2, 0.25) is 0 Å². The van der Waals surface area contributed by atoms with Crippen LogP contribution < -0.4 is 0 Å². The SMILES string of the molecule is C/C(=N/OCc1nc2c3c(C)c(C)n(Cc4ccncc4)c3ncn2n1)c1ccccc1. The van der Waals surface area contributed by atoms with Crippen molar-refractivity contribution in [2.45, 2.75) is 33.9 Å². The van der Waals surface area contributed by atoms with Gasteiger partial charge in [-0.15, -0.1) is 5.10 Å². The van der Waals surface area contributed by atoms with Crippen LogP contribution in [-0.2, 0) is 18.0 Å². The Hall–Kier alpha value is -4.07. The Kier molecular flexibility index (Phi) is 5.10. The molecule has 0 aliphatic carbocycles. The predicted molar refractivity (Wildman–Crippen MR) is 123 cm³/mol. The molecule has 0 aliphatic rings. The lowest BCUT2D eigenvalue weighted by atomic mass is 10.1. The largest absolute Gasteiger partial charge is 0.387 e. The van der Waals surface area contributed by atoms with Crippen LogP contribution in [0.25, 0.3) is 16.7 Å². The Balaban J connectivity index is 1.45. The van der Waals surface area contributed by atoms with Crippen LogP contribution in [0.4, 0.5) is 0 Å². The van der Waals surface area contributed by atoms with Crippen molar-refractivity contribution in [3.8, 4) is 0 Å². The van der Waals surface area contributed by atoms with Gasteiger partial charge in [0.1, 0.15) is 12.0 Å². The summed E-state index contributed by atoms with van der Waals surface area (Å²) in [4.78, 5) is 19.1. The molecule has 0 saturated heterocycles. The molecule has 4 aromatic heterocycles. The number of oxime groups is 1. The molecule has 0 saturated carbocycles. The molecular weight excluding hydrogens is 402 g/mol. The van der Waals surface area contributed by atoms with E-state index >= 15 is 0 Å². The van der Waals surface area contributed by atoms with Crippen LogP contribution in [0.1, 0.15) is 35.1 Å². The second-order valence-electron chi connectivity index (χ2n) is 7.71. The minimum Gasteiger partial charge on any atom is -0.387 e. The molecule has 8 heteroatoms. The molecule has 1 aromatic carbocycles. The van der Waals surface area contributed by atoms with Crippen LogP contribution in [0.3, 0.4) is 0 Å². The summed E-state index contributed by atoms with van der Waals surface area (Å²) in [7, 11) is 0. The zero-order valence-corrected chi connectivity index (χ0v) is 18.2. The zero-order chi connectivity index (χ0) is 22.1. The Morgan fingerprint density at radius 1 is 1.03 bits per heavy atom. The number of nitrogens with zero attached hydrogens (tertiary/aromatic N) is 7. The van der Waals surface area contributed by atoms with Crippen molar-refractivity contribution in [2.75, 3.05) is 0 Å². The van der Waals surface area contributed by atoms with E-state index in [0.717, 1.165) is 45.8 Å². The standard InChI is InChI=1S/C24H23N7O/c1-16-18(3)30(13-19-9-11-25-12-10-19)23-22(16)24-27-21(28-31(24)15-26-23)14-32-29-17(2)20-7-5-4-6-8-20/h4-12,15H,13-14H2,1-3H3/b29-17-. The van der Waals surface area contributed by atoms with Crippen molar-refractivity contribution >= 4 is 22.4 Å². The van der Waals surface area contributed by atoms with Gasteiger partial charge in [0, 0.05) is 24.6 Å². The quantitative estimate of drug-likeness (QED) is 0.302. The van der Waals surface area contributed by atoms with Gasteiger partial charge in [0.25, 0.3) is 0 Å². The number of aryl methyl sites for hydroxylation is 1. The summed E-state index contributed by atoms with van der Waals surface area (Å²) in [5.41, 5.74) is 6.95. The lowest BCUT2D eigenvalue weighted by Gasteiger charge is -2.07. The van der Waals surface area contributed by atoms with Crippen LogP contribution in [-0.4, -0.2) is 34.8 Å². The molecule has 0 radical (unpaired) electrons. The number of benzene rings is 1. The smallest absolute Gasteiger partial charge is 0.192 e. The molecule has 160 valence electrons. The molecule has 8 nitrogen and oxygen atoms in total. The molecule has 0 fully saturated rings. The van der Waals surface area contributed by atoms with E-state index in [9.17, 15) is 0 Å². The normalized spacial score (nSPS) is 12.0. The molecule has 0 amide bonds. The van der Waals surface area contributed by atoms with Crippen molar-refractivity contribution in [1.29, 1.82) is 0 Å². The second kappa shape index (κ2) is 8.22. The average Bonchev–Trinajstić information content (AvgIpc) is 3.34. The van der Waals surface area contributed by atoms with Gasteiger partial charge in [-0.1, -0.05) is 35.5 Å². The molecule has 0 unspecified atom stereocenters. The summed E-state index contributed by atoms with van der Waals surface area (Å²) in [5.74, 6) is 0.558. The van der Waals surface area contributed by atoms with E-state index in [1.807, 2.05) is 61.8 Å². The van der Waals surface area contributed by atoms with Gasteiger partial charge in [-0.25, -0.2) is 14.5 Å². The van der Waals surface area contributed by atoms with E-state index in [2.05, 4.69) is 38.6 Å². The maximum Gasteiger partial charge on any atom is 0.192 e. The summed E-state index contributed by atoms with van der Waals surface area (Å²) in [6.45, 7) is 7.02. The number of fused-ring (bicyclic) bond motifs is 3. The molecule has 32 heavy (non-hydrogen) atoms. The highest BCUT2D eigenvalue weighted by Crippen LogP contribution is 2.27. The average molecular weight is 425 g/mol. The van der Waals surface area contributed by atoms with Crippen LogP contribution in [0.15, 0.2) is 66.3 Å². The summed E-state index contributed by atoms with van der Waals surface area (Å²) < 4.78 is 3.91. The monoisotopic (exact) mass is 425 g/mol. The molecule has 0 atom stereocenters. The minimum absolute atomic E-state index is 0.184. The fraction of sp³-hybridized carbons (Fsp3) is 0.208. The Morgan fingerprint density at radius 3 is 2.59 bits per heavy atom. The van der Waals surface area contributed by atoms with Crippen LogP contribution in [0.2, 0.25) is 0 Å². The van der Waals surface area contributed by atoms with Gasteiger partial charge in [-0.05, 0) is 49.6 Å². The van der Waals surface area contributed by atoms with Gasteiger partial charge in [-0.2, -0.15) is 0 Å². The van der Waals surface area contributed by atoms with Crippen molar-refractivity contribution in [3.63, 3.8) is 0 Å². The summed E-state index contributed by atoms with van der Waals surface area (Å²) >= 11 is 0. The fourth-order valence-corrected chi connectivity index (χ4v) is 3.82. The minimum atomic E-state index is 0.184. The highest BCUT2D eigenvalue weighted by Gasteiger charge is 2.18. The third-order valence-corrected chi connectivity index (χ3v) is 5.67. The number of aromatic nitrogens is 6. The first kappa shape index (κ1) is 19.9. The van der Waals surface area contributed by atoms with Gasteiger partial charge < -0.3 is 9.40 Å². The Labute approximate surface area is 185 Å². The first-order valence-corrected chi connectivity index (χ1v) is 10.4. The van der Waals surface area contributed by atoms with Gasteiger partial charge in [-0.3, -0.25) is 4.98 Å². The highest BCUT2D eigenvalue weighted by molar-refractivity contribution is 5.98.